The van der Waals surface area contributed by atoms with Crippen molar-refractivity contribution in [2.75, 3.05) is 11.9 Å². The predicted octanol–water partition coefficient (Wildman–Crippen LogP) is 2.23. The highest BCUT2D eigenvalue weighted by atomic mass is 79.9. The van der Waals surface area contributed by atoms with E-state index in [1.807, 2.05) is 6.07 Å². The molecule has 1 fully saturated rings. The molecule has 3 amide bonds. The lowest BCUT2D eigenvalue weighted by atomic mass is 10.2. The van der Waals surface area contributed by atoms with E-state index in [0.29, 0.717) is 11.3 Å². The molecule has 7 nitrogen and oxygen atoms in total. The van der Waals surface area contributed by atoms with Crippen LogP contribution in [0.2, 0.25) is 0 Å². The van der Waals surface area contributed by atoms with E-state index in [1.165, 1.54) is 17.0 Å². The largest absolute Gasteiger partial charge is 0.359 e. The number of nitrogens with one attached hydrogen (secondary N) is 2. The number of hydrogen-bond donors (Lipinski definition) is 2. The Balaban J connectivity index is 1.90. The summed E-state index contributed by atoms with van der Waals surface area (Å²) in [6.45, 7) is 0. The standard InChI is InChI=1S/C19H17BrN4O3S/c1-21-16(25)11-15-18(27)23(14-5-3-2-4-6-14)19(28)24(15)22-17(26)12-7-9-13(20)10-8-12/h2-10,15H,11H2,1H3,(H,21,25)(H,22,26). The van der Waals surface area contributed by atoms with Crippen molar-refractivity contribution < 1.29 is 14.4 Å². The van der Waals surface area contributed by atoms with Crippen molar-refractivity contribution in [1.82, 2.24) is 15.8 Å². The molecule has 0 aromatic heterocycles. The van der Waals surface area contributed by atoms with Gasteiger partial charge < -0.3 is 5.32 Å². The number of rotatable bonds is 5. The van der Waals surface area contributed by atoms with Crippen molar-refractivity contribution in [3.05, 3.63) is 64.6 Å². The van der Waals surface area contributed by atoms with E-state index in [9.17, 15) is 14.4 Å². The summed E-state index contributed by atoms with van der Waals surface area (Å²) >= 11 is 8.77. The molecule has 0 spiro atoms. The van der Waals surface area contributed by atoms with E-state index >= 15 is 0 Å². The van der Waals surface area contributed by atoms with Crippen molar-refractivity contribution in [2.24, 2.45) is 0 Å². The molecule has 1 heterocycles. The predicted molar refractivity (Wildman–Crippen MR) is 112 cm³/mol. The molecule has 1 atom stereocenters. The Labute approximate surface area is 175 Å². The lowest BCUT2D eigenvalue weighted by Gasteiger charge is -2.24. The molecule has 144 valence electrons. The minimum Gasteiger partial charge on any atom is -0.359 e. The van der Waals surface area contributed by atoms with Gasteiger partial charge in [-0.25, -0.2) is 5.01 Å². The van der Waals surface area contributed by atoms with Gasteiger partial charge in [-0.3, -0.25) is 24.7 Å². The fraction of sp³-hybridized carbons (Fsp3) is 0.158. The van der Waals surface area contributed by atoms with Gasteiger partial charge in [0, 0.05) is 17.1 Å². The van der Waals surface area contributed by atoms with Crippen molar-refractivity contribution in [3.8, 4) is 0 Å². The summed E-state index contributed by atoms with van der Waals surface area (Å²) in [5.74, 6) is -1.14. The van der Waals surface area contributed by atoms with Crippen LogP contribution < -0.4 is 15.6 Å². The number of hydrogen-bond acceptors (Lipinski definition) is 4. The molecule has 2 aromatic rings. The summed E-state index contributed by atoms with van der Waals surface area (Å²) in [4.78, 5) is 38.9. The maximum Gasteiger partial charge on any atom is 0.269 e. The van der Waals surface area contributed by atoms with Gasteiger partial charge in [-0.1, -0.05) is 34.1 Å². The van der Waals surface area contributed by atoms with E-state index in [-0.39, 0.29) is 23.3 Å². The molecule has 3 rings (SSSR count). The zero-order chi connectivity index (χ0) is 20.3. The van der Waals surface area contributed by atoms with Crippen LogP contribution in [-0.4, -0.2) is 40.9 Å². The minimum absolute atomic E-state index is 0.107. The lowest BCUT2D eigenvalue weighted by molar-refractivity contribution is -0.127. The van der Waals surface area contributed by atoms with E-state index in [1.54, 1.807) is 48.5 Å². The molecular formula is C19H17BrN4O3S. The number of carbonyl (C=O) groups is 3. The maximum absolute atomic E-state index is 13.0. The number of anilines is 1. The number of nitrogens with zero attached hydrogens (tertiary/aromatic N) is 2. The van der Waals surface area contributed by atoms with Gasteiger partial charge in [-0.05, 0) is 48.6 Å². The van der Waals surface area contributed by atoms with Gasteiger partial charge in [-0.15, -0.1) is 0 Å². The molecule has 1 saturated heterocycles. The first-order valence-corrected chi connectivity index (χ1v) is 9.62. The number of hydrazine groups is 1. The van der Waals surface area contributed by atoms with Crippen molar-refractivity contribution in [1.29, 1.82) is 0 Å². The fourth-order valence-electron chi connectivity index (χ4n) is 2.77. The summed E-state index contributed by atoms with van der Waals surface area (Å²) in [6.07, 6.45) is -0.139. The number of carbonyl (C=O) groups excluding carboxylic acids is 3. The van der Waals surface area contributed by atoms with Crippen molar-refractivity contribution in [3.63, 3.8) is 0 Å². The third-order valence-electron chi connectivity index (χ3n) is 4.21. The first-order valence-electron chi connectivity index (χ1n) is 8.41. The lowest BCUT2D eigenvalue weighted by Crippen LogP contribution is -2.50. The summed E-state index contributed by atoms with van der Waals surface area (Å²) in [6, 6.07) is 14.7. The molecule has 9 heteroatoms. The van der Waals surface area contributed by atoms with Crippen LogP contribution in [0.15, 0.2) is 59.1 Å². The second-order valence-corrected chi connectivity index (χ2v) is 7.28. The van der Waals surface area contributed by atoms with Crippen molar-refractivity contribution in [2.45, 2.75) is 12.5 Å². The quantitative estimate of drug-likeness (QED) is 0.668. The number of thiocarbonyl (C=S) groups is 1. The minimum atomic E-state index is -0.938. The Bertz CT molecular complexity index is 921. The third kappa shape index (κ3) is 4.05. The zero-order valence-electron chi connectivity index (χ0n) is 14.9. The second kappa shape index (κ2) is 8.49. The van der Waals surface area contributed by atoms with Gasteiger partial charge in [0.15, 0.2) is 0 Å². The first-order chi connectivity index (χ1) is 13.4. The Morgan fingerprint density at radius 1 is 1.11 bits per heavy atom. The highest BCUT2D eigenvalue weighted by Crippen LogP contribution is 2.26. The Kier molecular flexibility index (Phi) is 6.05. The number of amides is 3. The van der Waals surface area contributed by atoms with Gasteiger partial charge in [0.25, 0.3) is 11.8 Å². The number of benzene rings is 2. The van der Waals surface area contributed by atoms with Crippen LogP contribution in [0.1, 0.15) is 16.8 Å². The van der Waals surface area contributed by atoms with Gasteiger partial charge in [0.2, 0.25) is 11.0 Å². The second-order valence-electron chi connectivity index (χ2n) is 6.00. The van der Waals surface area contributed by atoms with E-state index in [0.717, 1.165) is 4.47 Å². The number of halogens is 1. The molecule has 0 aliphatic carbocycles. The first kappa shape index (κ1) is 20.0. The monoisotopic (exact) mass is 460 g/mol. The van der Waals surface area contributed by atoms with E-state index in [4.69, 9.17) is 12.2 Å². The van der Waals surface area contributed by atoms with Crippen LogP contribution in [0.25, 0.3) is 0 Å². The van der Waals surface area contributed by atoms with Crippen LogP contribution >= 0.6 is 28.1 Å². The summed E-state index contributed by atoms with van der Waals surface area (Å²) in [5.41, 5.74) is 3.64. The van der Waals surface area contributed by atoms with Crippen LogP contribution in [0.3, 0.4) is 0 Å². The third-order valence-corrected chi connectivity index (χ3v) is 5.12. The molecule has 1 unspecified atom stereocenters. The fourth-order valence-corrected chi connectivity index (χ4v) is 3.40. The van der Waals surface area contributed by atoms with Gasteiger partial charge >= 0.3 is 0 Å². The van der Waals surface area contributed by atoms with Crippen LogP contribution in [0.4, 0.5) is 5.69 Å². The molecule has 0 radical (unpaired) electrons. The van der Waals surface area contributed by atoms with Gasteiger partial charge in [-0.2, -0.15) is 0 Å². The van der Waals surface area contributed by atoms with Crippen molar-refractivity contribution >= 4 is 56.7 Å². The topological polar surface area (TPSA) is 81.8 Å². The summed E-state index contributed by atoms with van der Waals surface area (Å²) in [7, 11) is 1.49. The smallest absolute Gasteiger partial charge is 0.269 e. The van der Waals surface area contributed by atoms with Gasteiger partial charge in [0.05, 0.1) is 12.1 Å². The Morgan fingerprint density at radius 3 is 2.36 bits per heavy atom. The molecule has 28 heavy (non-hydrogen) atoms. The Morgan fingerprint density at radius 2 is 1.75 bits per heavy atom. The molecule has 2 N–H and O–H groups in total. The SMILES string of the molecule is CNC(=O)CC1C(=O)N(c2ccccc2)C(=S)N1NC(=O)c1ccc(Br)cc1. The molecule has 2 aromatic carbocycles. The highest BCUT2D eigenvalue weighted by Gasteiger charge is 2.45. The molecule has 0 bridgehead atoms. The van der Waals surface area contributed by atoms with Crippen LogP contribution in [0.5, 0.6) is 0 Å². The molecule has 0 saturated carbocycles. The average Bonchev–Trinajstić information content (AvgIpc) is 2.92. The molecule has 1 aliphatic heterocycles. The normalized spacial score (nSPS) is 16.3. The Hall–Kier alpha value is -2.78. The van der Waals surface area contributed by atoms with Gasteiger partial charge in [0.1, 0.15) is 6.04 Å². The summed E-state index contributed by atoms with van der Waals surface area (Å²) in [5, 5.41) is 3.89. The van der Waals surface area contributed by atoms with Crippen LogP contribution in [0, 0.1) is 0 Å². The average molecular weight is 461 g/mol. The summed E-state index contributed by atoms with van der Waals surface area (Å²) < 4.78 is 0.837. The maximum atomic E-state index is 13.0. The highest BCUT2D eigenvalue weighted by molar-refractivity contribution is 9.10. The molecular weight excluding hydrogens is 444 g/mol. The van der Waals surface area contributed by atoms with E-state index < -0.39 is 11.9 Å². The zero-order valence-corrected chi connectivity index (χ0v) is 17.3. The van der Waals surface area contributed by atoms with E-state index in [2.05, 4.69) is 26.7 Å². The number of para-hydroxylation sites is 1. The van der Waals surface area contributed by atoms with Crippen LogP contribution in [-0.2, 0) is 9.59 Å². The molecule has 1 aliphatic rings.